The van der Waals surface area contributed by atoms with Crippen LogP contribution in [-0.4, -0.2) is 26.1 Å². The minimum atomic E-state index is -0.178. The number of carbonyl (C=O) groups excluding carboxylic acids is 1. The Labute approximate surface area is 159 Å². The molecule has 27 heavy (non-hydrogen) atoms. The molecular weight excluding hydrogens is 358 g/mol. The van der Waals surface area contributed by atoms with Crippen molar-refractivity contribution in [2.75, 3.05) is 5.32 Å². The van der Waals surface area contributed by atoms with E-state index in [1.165, 1.54) is 35.4 Å². The second-order valence-corrected chi connectivity index (χ2v) is 7.58. The van der Waals surface area contributed by atoms with Crippen molar-refractivity contribution in [3.05, 3.63) is 59.4 Å². The molecule has 3 heterocycles. The molecule has 0 spiro atoms. The van der Waals surface area contributed by atoms with E-state index >= 15 is 0 Å². The van der Waals surface area contributed by atoms with E-state index in [1.54, 1.807) is 6.20 Å². The average molecular weight is 375 g/mol. The molecule has 7 heteroatoms. The number of aryl methyl sites for hydroxylation is 2. The molecule has 1 amide bonds. The van der Waals surface area contributed by atoms with E-state index in [0.717, 1.165) is 29.4 Å². The van der Waals surface area contributed by atoms with Crippen LogP contribution in [0.3, 0.4) is 0 Å². The van der Waals surface area contributed by atoms with Gasteiger partial charge in [-0.1, -0.05) is 29.5 Å². The van der Waals surface area contributed by atoms with E-state index in [0.29, 0.717) is 15.7 Å². The van der Waals surface area contributed by atoms with Crippen molar-refractivity contribution in [3.63, 3.8) is 0 Å². The van der Waals surface area contributed by atoms with Crippen LogP contribution in [0.25, 0.3) is 21.6 Å². The van der Waals surface area contributed by atoms with Crippen molar-refractivity contribution in [2.45, 2.75) is 25.7 Å². The topological polar surface area (TPSA) is 83.6 Å². The number of carbonyl (C=O) groups is 1. The lowest BCUT2D eigenvalue weighted by molar-refractivity contribution is 0.102. The third-order valence-electron chi connectivity index (χ3n) is 4.91. The fraction of sp³-hybridized carbons (Fsp3) is 0.200. The molecule has 1 aliphatic rings. The molecule has 3 aromatic heterocycles. The van der Waals surface area contributed by atoms with Gasteiger partial charge < -0.3 is 4.98 Å². The summed E-state index contributed by atoms with van der Waals surface area (Å²) in [4.78, 5) is 20.6. The zero-order valence-electron chi connectivity index (χ0n) is 14.5. The second kappa shape index (κ2) is 6.59. The first-order valence-corrected chi connectivity index (χ1v) is 9.80. The molecule has 0 aliphatic heterocycles. The largest absolute Gasteiger partial charge is 0.358 e. The normalized spacial score (nSPS) is 13.5. The molecule has 1 aromatic carbocycles. The summed E-state index contributed by atoms with van der Waals surface area (Å²) in [6, 6.07) is 11.5. The summed E-state index contributed by atoms with van der Waals surface area (Å²) in [5, 5.41) is 13.4. The maximum Gasteiger partial charge on any atom is 0.259 e. The first-order valence-electron chi connectivity index (χ1n) is 8.98. The van der Waals surface area contributed by atoms with Crippen molar-refractivity contribution in [1.82, 2.24) is 20.2 Å². The van der Waals surface area contributed by atoms with Crippen LogP contribution in [0, 0.1) is 0 Å². The van der Waals surface area contributed by atoms with Crippen molar-refractivity contribution >= 4 is 33.3 Å². The number of hydrogen-bond acceptors (Lipinski definition) is 5. The third-order valence-corrected chi connectivity index (χ3v) is 5.77. The van der Waals surface area contributed by atoms with Crippen LogP contribution < -0.4 is 5.32 Å². The molecule has 0 radical (unpaired) electrons. The minimum Gasteiger partial charge on any atom is -0.358 e. The van der Waals surface area contributed by atoms with E-state index in [1.807, 2.05) is 30.3 Å². The summed E-state index contributed by atoms with van der Waals surface area (Å²) in [7, 11) is 0. The molecule has 5 rings (SSSR count). The van der Waals surface area contributed by atoms with Crippen LogP contribution in [-0.2, 0) is 12.8 Å². The van der Waals surface area contributed by atoms with Crippen LogP contribution in [0.5, 0.6) is 0 Å². The van der Waals surface area contributed by atoms with Crippen LogP contribution in [0.15, 0.2) is 42.6 Å². The van der Waals surface area contributed by atoms with Gasteiger partial charge in [-0.05, 0) is 49.4 Å². The number of fused-ring (bicyclic) bond motifs is 3. The van der Waals surface area contributed by atoms with Crippen LogP contribution in [0.2, 0.25) is 0 Å². The van der Waals surface area contributed by atoms with Crippen molar-refractivity contribution in [1.29, 1.82) is 0 Å². The molecule has 0 saturated heterocycles. The van der Waals surface area contributed by atoms with Gasteiger partial charge in [0.05, 0.1) is 11.1 Å². The molecule has 0 saturated carbocycles. The Bertz CT molecular complexity index is 1130. The van der Waals surface area contributed by atoms with Crippen LogP contribution in [0.1, 0.15) is 34.5 Å². The molecule has 134 valence electrons. The maximum atomic E-state index is 12.9. The van der Waals surface area contributed by atoms with Gasteiger partial charge in [0.15, 0.2) is 5.01 Å². The molecule has 6 nitrogen and oxygen atoms in total. The fourth-order valence-corrected chi connectivity index (χ4v) is 4.37. The number of nitrogens with one attached hydrogen (secondary N) is 2. The van der Waals surface area contributed by atoms with E-state index in [-0.39, 0.29) is 5.91 Å². The Morgan fingerprint density at radius 3 is 2.89 bits per heavy atom. The third kappa shape index (κ3) is 2.90. The first-order chi connectivity index (χ1) is 13.3. The number of rotatable bonds is 3. The Kier molecular flexibility index (Phi) is 3.94. The van der Waals surface area contributed by atoms with Crippen molar-refractivity contribution in [2.24, 2.45) is 0 Å². The molecule has 0 bridgehead atoms. The number of hydrogen-bond donors (Lipinski definition) is 2. The Morgan fingerprint density at radius 2 is 2.00 bits per heavy atom. The summed E-state index contributed by atoms with van der Waals surface area (Å²) >= 11 is 1.31. The quantitative estimate of drug-likeness (QED) is 0.562. The zero-order chi connectivity index (χ0) is 18.2. The lowest BCUT2D eigenvalue weighted by atomic mass is 9.95. The van der Waals surface area contributed by atoms with Gasteiger partial charge in [-0.2, -0.15) is 0 Å². The second-order valence-electron chi connectivity index (χ2n) is 6.60. The average Bonchev–Trinajstić information content (AvgIpc) is 3.33. The van der Waals surface area contributed by atoms with Gasteiger partial charge in [0, 0.05) is 17.3 Å². The SMILES string of the molecule is O=C(Nc1nnc(-c2ccccn2)s1)c1cccc2c3c([nH]c12)CCCC3. The minimum absolute atomic E-state index is 0.178. The number of anilines is 1. The van der Waals surface area contributed by atoms with Gasteiger partial charge >= 0.3 is 0 Å². The number of nitrogens with zero attached hydrogens (tertiary/aromatic N) is 3. The molecule has 1 aliphatic carbocycles. The van der Waals surface area contributed by atoms with Gasteiger partial charge in [0.1, 0.15) is 5.69 Å². The highest BCUT2D eigenvalue weighted by Gasteiger charge is 2.20. The summed E-state index contributed by atoms with van der Waals surface area (Å²) in [6.07, 6.45) is 6.24. The van der Waals surface area contributed by atoms with Gasteiger partial charge in [0.25, 0.3) is 5.91 Å². The zero-order valence-corrected chi connectivity index (χ0v) is 15.3. The van der Waals surface area contributed by atoms with Gasteiger partial charge in [0.2, 0.25) is 5.13 Å². The number of H-pyrrole nitrogens is 1. The number of aromatic nitrogens is 4. The maximum absolute atomic E-state index is 12.9. The van der Waals surface area contributed by atoms with Gasteiger partial charge in [-0.3, -0.25) is 15.1 Å². The number of benzene rings is 1. The lowest BCUT2D eigenvalue weighted by Crippen LogP contribution is -2.12. The lowest BCUT2D eigenvalue weighted by Gasteiger charge is -2.10. The summed E-state index contributed by atoms with van der Waals surface area (Å²) < 4.78 is 0. The molecule has 0 fully saturated rings. The highest BCUT2D eigenvalue weighted by atomic mass is 32.1. The summed E-state index contributed by atoms with van der Waals surface area (Å²) in [5.41, 5.74) is 4.92. The predicted molar refractivity (Wildman–Crippen MR) is 106 cm³/mol. The fourth-order valence-electron chi connectivity index (χ4n) is 3.65. The van der Waals surface area contributed by atoms with E-state index in [2.05, 4.69) is 31.5 Å². The standard InChI is InChI=1S/C20H17N5OS/c26-18(23-20-25-24-19(27-20)16-10-3-4-11-21-16)14-8-5-7-13-12-6-1-2-9-15(12)22-17(13)14/h3-5,7-8,10-11,22H,1-2,6,9H2,(H,23,25,26). The number of amides is 1. The monoisotopic (exact) mass is 375 g/mol. The van der Waals surface area contributed by atoms with E-state index in [9.17, 15) is 4.79 Å². The van der Waals surface area contributed by atoms with E-state index < -0.39 is 0 Å². The summed E-state index contributed by atoms with van der Waals surface area (Å²) in [6.45, 7) is 0. The molecule has 0 atom stereocenters. The van der Waals surface area contributed by atoms with Crippen molar-refractivity contribution < 1.29 is 4.79 Å². The summed E-state index contributed by atoms with van der Waals surface area (Å²) in [5.74, 6) is -0.178. The van der Waals surface area contributed by atoms with Crippen molar-refractivity contribution in [3.8, 4) is 10.7 Å². The predicted octanol–water partition coefficient (Wildman–Crippen LogP) is 4.21. The van der Waals surface area contributed by atoms with Crippen LogP contribution in [0.4, 0.5) is 5.13 Å². The molecule has 0 unspecified atom stereocenters. The van der Waals surface area contributed by atoms with Crippen LogP contribution >= 0.6 is 11.3 Å². The van der Waals surface area contributed by atoms with Gasteiger partial charge in [-0.25, -0.2) is 0 Å². The Morgan fingerprint density at radius 1 is 1.07 bits per heavy atom. The van der Waals surface area contributed by atoms with E-state index in [4.69, 9.17) is 0 Å². The highest BCUT2D eigenvalue weighted by Crippen LogP contribution is 2.31. The highest BCUT2D eigenvalue weighted by molar-refractivity contribution is 7.18. The molecular formula is C20H17N5OS. The molecule has 4 aromatic rings. The Balaban J connectivity index is 1.45. The number of para-hydroxylation sites is 1. The smallest absolute Gasteiger partial charge is 0.259 e. The molecule has 2 N–H and O–H groups in total. The number of pyridine rings is 1. The first kappa shape index (κ1) is 16.1. The van der Waals surface area contributed by atoms with Gasteiger partial charge in [-0.15, -0.1) is 10.2 Å². The number of aromatic amines is 1. The Hall–Kier alpha value is -3.06.